The Balaban J connectivity index is 2.16. The first-order valence-corrected chi connectivity index (χ1v) is 6.24. The molecule has 1 N–H and O–H groups in total. The van der Waals surface area contributed by atoms with Gasteiger partial charge in [-0.05, 0) is 42.2 Å². The third kappa shape index (κ3) is 2.23. The van der Waals surface area contributed by atoms with Crippen molar-refractivity contribution in [2.24, 2.45) is 7.05 Å². The van der Waals surface area contributed by atoms with E-state index in [0.29, 0.717) is 12.0 Å². The predicted octanol–water partition coefficient (Wildman–Crippen LogP) is 1.82. The highest BCUT2D eigenvalue weighted by Gasteiger charge is 2.26. The summed E-state index contributed by atoms with van der Waals surface area (Å²) in [4.78, 5) is 0. The second-order valence-corrected chi connectivity index (χ2v) is 4.99. The van der Waals surface area contributed by atoms with Crippen molar-refractivity contribution in [1.29, 1.82) is 0 Å². The van der Waals surface area contributed by atoms with E-state index in [-0.39, 0.29) is 0 Å². The summed E-state index contributed by atoms with van der Waals surface area (Å²) < 4.78 is 2.80. The summed E-state index contributed by atoms with van der Waals surface area (Å²) in [6, 6.07) is 0.644. The average molecular weight is 273 g/mol. The molecule has 0 aromatic carbocycles. The fourth-order valence-electron chi connectivity index (χ4n) is 2.47. The number of aromatic nitrogens is 3. The normalized spacial score (nSPS) is 26.9. The van der Waals surface area contributed by atoms with Gasteiger partial charge in [-0.2, -0.15) is 0 Å². The van der Waals surface area contributed by atoms with E-state index >= 15 is 0 Å². The molecule has 0 saturated heterocycles. The molecular weight excluding hydrogens is 256 g/mol. The van der Waals surface area contributed by atoms with Crippen LogP contribution in [-0.2, 0) is 7.05 Å². The minimum atomic E-state index is 0.588. The standard InChI is InChI=1S/C10H17BrN4/c1-12-8-5-3-4-7(6-8)9-10(11)13-14-15(9)2/h7-8,12H,3-6H2,1-2H3. The first-order valence-electron chi connectivity index (χ1n) is 5.44. The number of aryl methyl sites for hydroxylation is 1. The molecular formula is C10H17BrN4. The molecule has 2 unspecified atom stereocenters. The van der Waals surface area contributed by atoms with E-state index in [0.717, 1.165) is 4.60 Å². The first kappa shape index (κ1) is 11.1. The fourth-order valence-corrected chi connectivity index (χ4v) is 3.12. The molecule has 5 heteroatoms. The number of halogens is 1. The molecule has 0 radical (unpaired) electrons. The Morgan fingerprint density at radius 1 is 1.47 bits per heavy atom. The Hall–Kier alpha value is -0.420. The van der Waals surface area contributed by atoms with Gasteiger partial charge in [0.25, 0.3) is 0 Å². The van der Waals surface area contributed by atoms with Gasteiger partial charge in [0.1, 0.15) is 0 Å². The zero-order valence-electron chi connectivity index (χ0n) is 9.20. The second kappa shape index (κ2) is 4.61. The maximum atomic E-state index is 4.05. The van der Waals surface area contributed by atoms with Crippen LogP contribution in [0.3, 0.4) is 0 Å². The smallest absolute Gasteiger partial charge is 0.151 e. The molecule has 84 valence electrons. The van der Waals surface area contributed by atoms with Gasteiger partial charge in [0.05, 0.1) is 5.69 Å². The molecule has 15 heavy (non-hydrogen) atoms. The number of nitrogens with zero attached hydrogens (tertiary/aromatic N) is 3. The topological polar surface area (TPSA) is 42.7 Å². The van der Waals surface area contributed by atoms with Crippen molar-refractivity contribution < 1.29 is 0 Å². The van der Waals surface area contributed by atoms with E-state index in [9.17, 15) is 0 Å². The number of rotatable bonds is 2. The number of hydrogen-bond donors (Lipinski definition) is 1. The van der Waals surface area contributed by atoms with E-state index in [2.05, 4.69) is 31.6 Å². The zero-order chi connectivity index (χ0) is 10.8. The van der Waals surface area contributed by atoms with Crippen molar-refractivity contribution in [2.75, 3.05) is 7.05 Å². The van der Waals surface area contributed by atoms with Crippen LogP contribution in [-0.4, -0.2) is 28.1 Å². The van der Waals surface area contributed by atoms with Crippen LogP contribution >= 0.6 is 15.9 Å². The molecule has 1 aromatic rings. The molecule has 1 aromatic heterocycles. The predicted molar refractivity (Wildman–Crippen MR) is 62.8 cm³/mol. The summed E-state index contributed by atoms with van der Waals surface area (Å²) in [5.74, 6) is 0.588. The van der Waals surface area contributed by atoms with Crippen molar-refractivity contribution in [3.8, 4) is 0 Å². The molecule has 1 aliphatic rings. The van der Waals surface area contributed by atoms with Crippen LogP contribution in [0.1, 0.15) is 37.3 Å². The Morgan fingerprint density at radius 2 is 2.27 bits per heavy atom. The SMILES string of the molecule is CNC1CCCC(c2c(Br)nnn2C)C1. The Kier molecular flexibility index (Phi) is 3.41. The summed E-state index contributed by atoms with van der Waals surface area (Å²) >= 11 is 3.48. The van der Waals surface area contributed by atoms with Crippen molar-refractivity contribution in [1.82, 2.24) is 20.3 Å². The lowest BCUT2D eigenvalue weighted by Gasteiger charge is -2.28. The van der Waals surface area contributed by atoms with E-state index in [4.69, 9.17) is 0 Å². The molecule has 0 amide bonds. The van der Waals surface area contributed by atoms with Crippen molar-refractivity contribution >= 4 is 15.9 Å². The third-order valence-electron chi connectivity index (χ3n) is 3.30. The molecule has 1 aliphatic carbocycles. The van der Waals surface area contributed by atoms with Crippen molar-refractivity contribution in [3.63, 3.8) is 0 Å². The minimum Gasteiger partial charge on any atom is -0.317 e. The highest BCUT2D eigenvalue weighted by atomic mass is 79.9. The molecule has 1 saturated carbocycles. The Bertz CT molecular complexity index is 317. The maximum Gasteiger partial charge on any atom is 0.151 e. The van der Waals surface area contributed by atoms with Crippen LogP contribution in [0.15, 0.2) is 4.60 Å². The number of nitrogens with one attached hydrogen (secondary N) is 1. The van der Waals surface area contributed by atoms with Gasteiger partial charge in [-0.25, -0.2) is 0 Å². The molecule has 2 rings (SSSR count). The molecule has 1 heterocycles. The quantitative estimate of drug-likeness (QED) is 0.893. The molecule has 4 nitrogen and oxygen atoms in total. The van der Waals surface area contributed by atoms with Crippen LogP contribution in [0.2, 0.25) is 0 Å². The van der Waals surface area contributed by atoms with Crippen LogP contribution in [0, 0.1) is 0 Å². The lowest BCUT2D eigenvalue weighted by Crippen LogP contribution is -2.31. The average Bonchev–Trinajstić information content (AvgIpc) is 2.59. The molecule has 0 aliphatic heterocycles. The minimum absolute atomic E-state index is 0.588. The first-order chi connectivity index (χ1) is 7.22. The lowest BCUT2D eigenvalue weighted by atomic mass is 9.84. The summed E-state index contributed by atoms with van der Waals surface area (Å²) in [7, 11) is 4.01. The molecule has 1 fully saturated rings. The summed E-state index contributed by atoms with van der Waals surface area (Å²) in [6.45, 7) is 0. The lowest BCUT2D eigenvalue weighted by molar-refractivity contribution is 0.344. The summed E-state index contributed by atoms with van der Waals surface area (Å²) in [6.07, 6.45) is 5.01. The Labute approximate surface area is 98.6 Å². The molecule has 2 atom stereocenters. The van der Waals surface area contributed by atoms with E-state index in [1.165, 1.54) is 31.4 Å². The van der Waals surface area contributed by atoms with Gasteiger partial charge in [-0.1, -0.05) is 11.6 Å². The van der Waals surface area contributed by atoms with Crippen molar-refractivity contribution in [2.45, 2.75) is 37.6 Å². The van der Waals surface area contributed by atoms with Gasteiger partial charge in [0.2, 0.25) is 0 Å². The third-order valence-corrected chi connectivity index (χ3v) is 3.86. The van der Waals surface area contributed by atoms with Crippen LogP contribution in [0.5, 0.6) is 0 Å². The van der Waals surface area contributed by atoms with Gasteiger partial charge in [0, 0.05) is 19.0 Å². The van der Waals surface area contributed by atoms with Crippen molar-refractivity contribution in [3.05, 3.63) is 10.3 Å². The second-order valence-electron chi connectivity index (χ2n) is 4.24. The van der Waals surface area contributed by atoms with Gasteiger partial charge in [0.15, 0.2) is 4.60 Å². The Morgan fingerprint density at radius 3 is 2.87 bits per heavy atom. The van der Waals surface area contributed by atoms with Gasteiger partial charge >= 0.3 is 0 Å². The largest absolute Gasteiger partial charge is 0.317 e. The van der Waals surface area contributed by atoms with Gasteiger partial charge < -0.3 is 5.32 Å². The molecule has 0 spiro atoms. The summed E-state index contributed by atoms with van der Waals surface area (Å²) in [5, 5.41) is 11.5. The van der Waals surface area contributed by atoms with E-state index < -0.39 is 0 Å². The van der Waals surface area contributed by atoms with Crippen LogP contribution in [0.4, 0.5) is 0 Å². The number of hydrogen-bond acceptors (Lipinski definition) is 3. The fraction of sp³-hybridized carbons (Fsp3) is 0.800. The van der Waals surface area contributed by atoms with Gasteiger partial charge in [-0.3, -0.25) is 4.68 Å². The zero-order valence-corrected chi connectivity index (χ0v) is 10.8. The molecule has 0 bridgehead atoms. The monoisotopic (exact) mass is 272 g/mol. The van der Waals surface area contributed by atoms with E-state index in [1.807, 2.05) is 18.8 Å². The van der Waals surface area contributed by atoms with Gasteiger partial charge in [-0.15, -0.1) is 5.10 Å². The highest BCUT2D eigenvalue weighted by molar-refractivity contribution is 9.10. The summed E-state index contributed by atoms with van der Waals surface area (Å²) in [5.41, 5.74) is 1.25. The van der Waals surface area contributed by atoms with Crippen LogP contribution < -0.4 is 5.32 Å². The van der Waals surface area contributed by atoms with Crippen LogP contribution in [0.25, 0.3) is 0 Å². The highest BCUT2D eigenvalue weighted by Crippen LogP contribution is 2.35. The van der Waals surface area contributed by atoms with E-state index in [1.54, 1.807) is 0 Å². The maximum absolute atomic E-state index is 4.05.